The summed E-state index contributed by atoms with van der Waals surface area (Å²) < 4.78 is 7.30. The van der Waals surface area contributed by atoms with E-state index >= 15 is 0 Å². The SMILES string of the molecule is COc1ccc2c(c1)CCC(Sc1nnc(C)n1C)C2N. The smallest absolute Gasteiger partial charge is 0.191 e. The Kier molecular flexibility index (Phi) is 3.91. The lowest BCUT2D eigenvalue weighted by atomic mass is 9.87. The van der Waals surface area contributed by atoms with Gasteiger partial charge in [-0.2, -0.15) is 0 Å². The number of aryl methyl sites for hydroxylation is 2. The van der Waals surface area contributed by atoms with Crippen molar-refractivity contribution >= 4 is 11.8 Å². The van der Waals surface area contributed by atoms with Crippen LogP contribution in [-0.4, -0.2) is 27.1 Å². The second-order valence-corrected chi connectivity index (χ2v) is 6.58. The highest BCUT2D eigenvalue weighted by Gasteiger charge is 2.29. The van der Waals surface area contributed by atoms with Crippen molar-refractivity contribution in [1.29, 1.82) is 0 Å². The maximum atomic E-state index is 6.47. The van der Waals surface area contributed by atoms with Crippen LogP contribution in [-0.2, 0) is 13.5 Å². The van der Waals surface area contributed by atoms with Crippen LogP contribution in [0.25, 0.3) is 0 Å². The van der Waals surface area contributed by atoms with Crippen molar-refractivity contribution in [1.82, 2.24) is 14.8 Å². The normalized spacial score (nSPS) is 21.1. The molecule has 0 radical (unpaired) electrons. The van der Waals surface area contributed by atoms with E-state index in [0.717, 1.165) is 29.6 Å². The van der Waals surface area contributed by atoms with Crippen LogP contribution in [0.4, 0.5) is 0 Å². The molecule has 1 aromatic heterocycles. The average Bonchev–Trinajstić information content (AvgIpc) is 2.81. The van der Waals surface area contributed by atoms with Crippen molar-refractivity contribution in [2.24, 2.45) is 12.8 Å². The number of aromatic nitrogens is 3. The van der Waals surface area contributed by atoms with Crippen LogP contribution in [0.2, 0.25) is 0 Å². The second-order valence-electron chi connectivity index (χ2n) is 5.37. The Balaban J connectivity index is 1.82. The zero-order valence-electron chi connectivity index (χ0n) is 12.5. The predicted molar refractivity (Wildman–Crippen MR) is 83.6 cm³/mol. The van der Waals surface area contributed by atoms with Gasteiger partial charge in [0.25, 0.3) is 0 Å². The highest BCUT2D eigenvalue weighted by molar-refractivity contribution is 7.99. The summed E-state index contributed by atoms with van der Waals surface area (Å²) in [6.45, 7) is 1.96. The molecule has 1 aromatic carbocycles. The van der Waals surface area contributed by atoms with E-state index < -0.39 is 0 Å². The van der Waals surface area contributed by atoms with Crippen LogP contribution >= 0.6 is 11.8 Å². The first kappa shape index (κ1) is 14.4. The van der Waals surface area contributed by atoms with Gasteiger partial charge in [-0.25, -0.2) is 0 Å². The largest absolute Gasteiger partial charge is 0.497 e. The quantitative estimate of drug-likeness (QED) is 0.942. The molecule has 2 aromatic rings. The van der Waals surface area contributed by atoms with Gasteiger partial charge in [-0.1, -0.05) is 17.8 Å². The lowest BCUT2D eigenvalue weighted by Crippen LogP contribution is -2.29. The molecule has 1 heterocycles. The Hall–Kier alpha value is -1.53. The summed E-state index contributed by atoms with van der Waals surface area (Å²) in [6, 6.07) is 6.19. The van der Waals surface area contributed by atoms with Gasteiger partial charge in [0, 0.05) is 18.3 Å². The summed E-state index contributed by atoms with van der Waals surface area (Å²) >= 11 is 1.73. The molecule has 21 heavy (non-hydrogen) atoms. The molecule has 0 spiro atoms. The molecular formula is C15H20N4OS. The summed E-state index contributed by atoms with van der Waals surface area (Å²) in [4.78, 5) is 0. The standard InChI is InChI=1S/C15H20N4OS/c1-9-17-18-15(19(9)2)21-13-7-4-10-8-11(20-3)5-6-12(10)14(13)16/h5-6,8,13-14H,4,7,16H2,1-3H3. The molecule has 0 fully saturated rings. The minimum Gasteiger partial charge on any atom is -0.497 e. The van der Waals surface area contributed by atoms with Gasteiger partial charge in [0.05, 0.1) is 7.11 Å². The van der Waals surface area contributed by atoms with Gasteiger partial charge >= 0.3 is 0 Å². The number of thioether (sulfide) groups is 1. The fourth-order valence-corrected chi connectivity index (χ4v) is 3.86. The van der Waals surface area contributed by atoms with Crippen molar-refractivity contribution < 1.29 is 4.74 Å². The Morgan fingerprint density at radius 1 is 1.38 bits per heavy atom. The van der Waals surface area contributed by atoms with Crippen molar-refractivity contribution in [3.8, 4) is 5.75 Å². The Morgan fingerprint density at radius 2 is 2.19 bits per heavy atom. The minimum atomic E-state index is 0.0154. The van der Waals surface area contributed by atoms with Crippen LogP contribution in [0.3, 0.4) is 0 Å². The summed E-state index contributed by atoms with van der Waals surface area (Å²) in [6.07, 6.45) is 2.06. The van der Waals surface area contributed by atoms with E-state index in [0.29, 0.717) is 5.25 Å². The van der Waals surface area contributed by atoms with Crippen LogP contribution < -0.4 is 10.5 Å². The molecular weight excluding hydrogens is 284 g/mol. The van der Waals surface area contributed by atoms with Gasteiger partial charge in [-0.15, -0.1) is 10.2 Å². The van der Waals surface area contributed by atoms with Gasteiger partial charge in [0.15, 0.2) is 5.16 Å². The van der Waals surface area contributed by atoms with E-state index in [4.69, 9.17) is 10.5 Å². The Labute approximate surface area is 128 Å². The molecule has 6 heteroatoms. The molecule has 1 aliphatic rings. The van der Waals surface area contributed by atoms with Gasteiger partial charge in [0.2, 0.25) is 0 Å². The zero-order chi connectivity index (χ0) is 15.0. The summed E-state index contributed by atoms with van der Waals surface area (Å²) in [5.74, 6) is 1.82. The van der Waals surface area contributed by atoms with Gasteiger partial charge in [-0.05, 0) is 43.0 Å². The highest BCUT2D eigenvalue weighted by atomic mass is 32.2. The number of ether oxygens (including phenoxy) is 1. The fraction of sp³-hybridized carbons (Fsp3) is 0.467. The molecule has 0 saturated heterocycles. The molecule has 0 saturated carbocycles. The average molecular weight is 304 g/mol. The van der Waals surface area contributed by atoms with Crippen LogP contribution in [0, 0.1) is 6.92 Å². The number of benzene rings is 1. The summed E-state index contributed by atoms with van der Waals surface area (Å²) in [7, 11) is 3.68. The first-order valence-corrected chi connectivity index (χ1v) is 7.93. The fourth-order valence-electron chi connectivity index (χ4n) is 2.69. The first-order valence-electron chi connectivity index (χ1n) is 7.05. The molecule has 3 rings (SSSR count). The summed E-state index contributed by atoms with van der Waals surface area (Å²) in [5, 5.41) is 9.60. The number of rotatable bonds is 3. The third-order valence-electron chi connectivity index (χ3n) is 4.12. The maximum Gasteiger partial charge on any atom is 0.191 e. The molecule has 0 aliphatic heterocycles. The van der Waals surface area contributed by atoms with Gasteiger partial charge in [-0.3, -0.25) is 0 Å². The minimum absolute atomic E-state index is 0.0154. The number of fused-ring (bicyclic) bond motifs is 1. The number of hydrogen-bond acceptors (Lipinski definition) is 5. The number of hydrogen-bond donors (Lipinski definition) is 1. The number of methoxy groups -OCH3 is 1. The lowest BCUT2D eigenvalue weighted by Gasteiger charge is -2.30. The van der Waals surface area contributed by atoms with Crippen molar-refractivity contribution in [2.45, 2.75) is 36.2 Å². The Bertz CT molecular complexity index is 655. The second kappa shape index (κ2) is 5.69. The lowest BCUT2D eigenvalue weighted by molar-refractivity contribution is 0.413. The molecule has 5 nitrogen and oxygen atoms in total. The van der Waals surface area contributed by atoms with Gasteiger partial charge in [0.1, 0.15) is 11.6 Å². The molecule has 1 aliphatic carbocycles. The van der Waals surface area contributed by atoms with Crippen LogP contribution in [0.1, 0.15) is 29.4 Å². The third kappa shape index (κ3) is 2.65. The van der Waals surface area contributed by atoms with E-state index in [2.05, 4.69) is 22.3 Å². The predicted octanol–water partition coefficient (Wildman–Crippen LogP) is 2.24. The molecule has 2 atom stereocenters. The molecule has 2 unspecified atom stereocenters. The van der Waals surface area contributed by atoms with Crippen molar-refractivity contribution in [2.75, 3.05) is 7.11 Å². The Morgan fingerprint density at radius 3 is 2.86 bits per heavy atom. The van der Waals surface area contributed by atoms with Gasteiger partial charge < -0.3 is 15.0 Å². The molecule has 0 amide bonds. The van der Waals surface area contributed by atoms with Crippen molar-refractivity contribution in [3.63, 3.8) is 0 Å². The maximum absolute atomic E-state index is 6.47. The van der Waals surface area contributed by atoms with E-state index in [1.54, 1.807) is 18.9 Å². The number of nitrogens with zero attached hydrogens (tertiary/aromatic N) is 3. The molecule has 2 N–H and O–H groups in total. The van der Waals surface area contributed by atoms with E-state index in [1.165, 1.54) is 11.1 Å². The highest BCUT2D eigenvalue weighted by Crippen LogP contribution is 2.39. The van der Waals surface area contributed by atoms with E-state index in [1.807, 2.05) is 24.6 Å². The van der Waals surface area contributed by atoms with E-state index in [9.17, 15) is 0 Å². The molecule has 0 bridgehead atoms. The first-order chi connectivity index (χ1) is 10.1. The topological polar surface area (TPSA) is 66.0 Å². The summed E-state index contributed by atoms with van der Waals surface area (Å²) in [5.41, 5.74) is 8.99. The van der Waals surface area contributed by atoms with Crippen LogP contribution in [0.15, 0.2) is 23.4 Å². The number of nitrogens with two attached hydrogens (primary N) is 1. The van der Waals surface area contributed by atoms with Crippen LogP contribution in [0.5, 0.6) is 5.75 Å². The zero-order valence-corrected chi connectivity index (χ0v) is 13.4. The third-order valence-corrected chi connectivity index (χ3v) is 5.52. The monoisotopic (exact) mass is 304 g/mol. The van der Waals surface area contributed by atoms with Crippen molar-refractivity contribution in [3.05, 3.63) is 35.2 Å². The molecule has 112 valence electrons. The van der Waals surface area contributed by atoms with E-state index in [-0.39, 0.29) is 6.04 Å².